The van der Waals surface area contributed by atoms with Crippen LogP contribution in [0.15, 0.2) is 71.9 Å². The van der Waals surface area contributed by atoms with Crippen LogP contribution in [0.4, 0.5) is 5.69 Å². The molecule has 0 aliphatic carbocycles. The molecule has 1 unspecified atom stereocenters. The third kappa shape index (κ3) is 5.57. The van der Waals surface area contributed by atoms with Gasteiger partial charge in [-0.15, -0.1) is 0 Å². The Morgan fingerprint density at radius 2 is 1.94 bits per heavy atom. The van der Waals surface area contributed by atoms with E-state index in [9.17, 15) is 9.59 Å². The van der Waals surface area contributed by atoms with E-state index < -0.39 is 0 Å². The molecule has 1 atom stereocenters. The molecule has 7 nitrogen and oxygen atoms in total. The molecule has 31 heavy (non-hydrogen) atoms. The van der Waals surface area contributed by atoms with Crippen molar-refractivity contribution >= 4 is 11.6 Å². The third-order valence-corrected chi connectivity index (χ3v) is 5.62. The molecule has 1 aliphatic rings. The van der Waals surface area contributed by atoms with E-state index >= 15 is 0 Å². The van der Waals surface area contributed by atoms with E-state index in [0.717, 1.165) is 42.6 Å². The second-order valence-corrected chi connectivity index (χ2v) is 7.88. The molecule has 4 rings (SSSR count). The number of anilines is 1. The molecule has 0 saturated carbocycles. The maximum Gasteiger partial charge on any atom is 0.269 e. The second kappa shape index (κ2) is 10.0. The number of benzene rings is 1. The molecule has 1 N–H and O–H groups in total. The number of pyridine rings is 1. The predicted octanol–water partition coefficient (Wildman–Crippen LogP) is 2.26. The molecule has 0 spiro atoms. The van der Waals surface area contributed by atoms with Gasteiger partial charge in [0.2, 0.25) is 5.91 Å². The van der Waals surface area contributed by atoms with Crippen molar-refractivity contribution in [3.8, 4) is 0 Å². The first-order valence-electron chi connectivity index (χ1n) is 10.7. The van der Waals surface area contributed by atoms with Gasteiger partial charge in [0.25, 0.3) is 5.56 Å². The third-order valence-electron chi connectivity index (χ3n) is 5.62. The average Bonchev–Trinajstić information content (AvgIpc) is 2.82. The zero-order chi connectivity index (χ0) is 21.5. The first-order chi connectivity index (χ1) is 15.2. The molecule has 1 aliphatic heterocycles. The Balaban J connectivity index is 1.34. The van der Waals surface area contributed by atoms with Gasteiger partial charge in [-0.3, -0.25) is 14.6 Å². The molecule has 3 heterocycles. The smallest absolute Gasteiger partial charge is 0.269 e. The molecule has 160 valence electrons. The van der Waals surface area contributed by atoms with Crippen LogP contribution in [0.3, 0.4) is 0 Å². The minimum atomic E-state index is -0.135. The topological polar surface area (TPSA) is 80.1 Å². The van der Waals surface area contributed by atoms with Gasteiger partial charge >= 0.3 is 0 Å². The van der Waals surface area contributed by atoms with Gasteiger partial charge in [-0.05, 0) is 36.5 Å². The summed E-state index contributed by atoms with van der Waals surface area (Å²) in [7, 11) is 0. The summed E-state index contributed by atoms with van der Waals surface area (Å²) in [5.41, 5.74) is 2.78. The van der Waals surface area contributed by atoms with Crippen LogP contribution in [0.1, 0.15) is 24.0 Å². The molecule has 1 aromatic carbocycles. The van der Waals surface area contributed by atoms with Gasteiger partial charge in [-0.25, -0.2) is 4.68 Å². The number of amides is 1. The zero-order valence-electron chi connectivity index (χ0n) is 17.5. The highest BCUT2D eigenvalue weighted by atomic mass is 16.2. The lowest BCUT2D eigenvalue weighted by atomic mass is 9.96. The lowest BCUT2D eigenvalue weighted by Gasteiger charge is -2.33. The number of hydrogen-bond donors (Lipinski definition) is 1. The van der Waals surface area contributed by atoms with E-state index in [2.05, 4.69) is 20.3 Å². The fourth-order valence-electron chi connectivity index (χ4n) is 3.92. The van der Waals surface area contributed by atoms with E-state index in [4.69, 9.17) is 0 Å². The zero-order valence-corrected chi connectivity index (χ0v) is 17.5. The van der Waals surface area contributed by atoms with Crippen molar-refractivity contribution < 1.29 is 4.79 Å². The maximum absolute atomic E-state index is 12.7. The lowest BCUT2D eigenvalue weighted by molar-refractivity contribution is -0.125. The molecule has 0 radical (unpaired) electrons. The van der Waals surface area contributed by atoms with Crippen molar-refractivity contribution in [3.05, 3.63) is 88.6 Å². The summed E-state index contributed by atoms with van der Waals surface area (Å²) in [6.07, 6.45) is 7.82. The van der Waals surface area contributed by atoms with Crippen LogP contribution in [0.5, 0.6) is 0 Å². The fourth-order valence-corrected chi connectivity index (χ4v) is 3.92. The Kier molecular flexibility index (Phi) is 6.72. The molecule has 1 saturated heterocycles. The summed E-state index contributed by atoms with van der Waals surface area (Å²) in [6.45, 7) is 2.46. The van der Waals surface area contributed by atoms with E-state index in [0.29, 0.717) is 19.6 Å². The minimum absolute atomic E-state index is 0.0685. The Morgan fingerprint density at radius 3 is 2.71 bits per heavy atom. The molecular weight excluding hydrogens is 390 g/mol. The highest BCUT2D eigenvalue weighted by Crippen LogP contribution is 2.22. The van der Waals surface area contributed by atoms with Crippen molar-refractivity contribution in [2.75, 3.05) is 24.5 Å². The Morgan fingerprint density at radius 1 is 1.10 bits per heavy atom. The largest absolute Gasteiger partial charge is 0.369 e. The van der Waals surface area contributed by atoms with Gasteiger partial charge in [-0.2, -0.15) is 5.10 Å². The quantitative estimate of drug-likeness (QED) is 0.638. The van der Waals surface area contributed by atoms with Crippen molar-refractivity contribution in [2.45, 2.75) is 25.8 Å². The predicted molar refractivity (Wildman–Crippen MR) is 120 cm³/mol. The van der Waals surface area contributed by atoms with Crippen molar-refractivity contribution in [1.82, 2.24) is 20.1 Å². The van der Waals surface area contributed by atoms with Gasteiger partial charge in [0, 0.05) is 38.1 Å². The summed E-state index contributed by atoms with van der Waals surface area (Å²) in [4.78, 5) is 31.4. The minimum Gasteiger partial charge on any atom is -0.369 e. The van der Waals surface area contributed by atoms with Crippen LogP contribution in [-0.4, -0.2) is 40.3 Å². The first-order valence-corrected chi connectivity index (χ1v) is 10.7. The number of rotatable bonds is 7. The summed E-state index contributed by atoms with van der Waals surface area (Å²) in [5, 5.41) is 7.40. The molecule has 1 amide bonds. The van der Waals surface area contributed by atoms with E-state index in [1.54, 1.807) is 18.5 Å². The number of hydrogen-bond acceptors (Lipinski definition) is 5. The molecule has 3 aromatic rings. The van der Waals surface area contributed by atoms with Crippen LogP contribution < -0.4 is 15.8 Å². The fraction of sp³-hybridized carbons (Fsp3) is 0.333. The highest BCUT2D eigenvalue weighted by molar-refractivity contribution is 5.79. The number of carbonyl (C=O) groups excluding carboxylic acids is 1. The summed E-state index contributed by atoms with van der Waals surface area (Å²) in [5.74, 6) is -0.0200. The summed E-state index contributed by atoms with van der Waals surface area (Å²) < 4.78 is 1.46. The number of carbonyl (C=O) groups is 1. The monoisotopic (exact) mass is 417 g/mol. The SMILES string of the molecule is O=C(NCCc1cccnc1)C1CCCN(c2cnn(Cc3ccccc3)c(=O)c2)C1. The standard InChI is InChI=1S/C24H27N5O2/c30-23-14-22(16-27-29(23)17-20-6-2-1-3-7-20)28-13-5-9-21(18-28)24(31)26-12-10-19-8-4-11-25-15-19/h1-4,6-8,11,14-16,21H,5,9-10,12-13,17-18H2,(H,26,31). The van der Waals surface area contributed by atoms with Crippen LogP contribution >= 0.6 is 0 Å². The number of nitrogens with one attached hydrogen (secondary N) is 1. The molecular formula is C24H27N5O2. The summed E-state index contributed by atoms with van der Waals surface area (Å²) in [6, 6.07) is 15.3. The van der Waals surface area contributed by atoms with Crippen molar-refractivity contribution in [3.63, 3.8) is 0 Å². The maximum atomic E-state index is 12.7. The van der Waals surface area contributed by atoms with E-state index in [1.807, 2.05) is 48.7 Å². The lowest BCUT2D eigenvalue weighted by Crippen LogP contribution is -2.44. The number of aromatic nitrogens is 3. The van der Waals surface area contributed by atoms with Gasteiger partial charge in [0.15, 0.2) is 0 Å². The van der Waals surface area contributed by atoms with Crippen LogP contribution in [0.25, 0.3) is 0 Å². The van der Waals surface area contributed by atoms with Gasteiger partial charge < -0.3 is 10.2 Å². The van der Waals surface area contributed by atoms with Crippen LogP contribution in [0, 0.1) is 5.92 Å². The van der Waals surface area contributed by atoms with Crippen molar-refractivity contribution in [2.24, 2.45) is 5.92 Å². The second-order valence-electron chi connectivity index (χ2n) is 7.88. The first kappa shape index (κ1) is 20.8. The van der Waals surface area contributed by atoms with Crippen LogP contribution in [-0.2, 0) is 17.8 Å². The van der Waals surface area contributed by atoms with Gasteiger partial charge in [0.1, 0.15) is 0 Å². The Labute approximate surface area is 181 Å². The Hall–Kier alpha value is -3.48. The average molecular weight is 418 g/mol. The normalized spacial score (nSPS) is 16.1. The van der Waals surface area contributed by atoms with Gasteiger partial charge in [-0.1, -0.05) is 36.4 Å². The molecule has 2 aromatic heterocycles. The van der Waals surface area contributed by atoms with E-state index in [1.165, 1.54) is 4.68 Å². The van der Waals surface area contributed by atoms with Crippen LogP contribution in [0.2, 0.25) is 0 Å². The molecule has 7 heteroatoms. The summed E-state index contributed by atoms with van der Waals surface area (Å²) >= 11 is 0. The number of piperidine rings is 1. The van der Waals surface area contributed by atoms with Gasteiger partial charge in [0.05, 0.1) is 24.3 Å². The highest BCUT2D eigenvalue weighted by Gasteiger charge is 2.26. The number of nitrogens with zero attached hydrogens (tertiary/aromatic N) is 4. The van der Waals surface area contributed by atoms with E-state index in [-0.39, 0.29) is 17.4 Å². The van der Waals surface area contributed by atoms with Crippen molar-refractivity contribution in [1.29, 1.82) is 0 Å². The molecule has 1 fully saturated rings. The Bertz CT molecular complexity index is 1050. The molecule has 0 bridgehead atoms.